The van der Waals surface area contributed by atoms with Crippen molar-refractivity contribution in [1.82, 2.24) is 15.0 Å². The minimum Gasteiger partial charge on any atom is -0.512 e. The minimum absolute atomic E-state index is 0. The van der Waals surface area contributed by atoms with Gasteiger partial charge < -0.3 is 5.11 Å². The second-order valence-electron chi connectivity index (χ2n) is 13.6. The van der Waals surface area contributed by atoms with Gasteiger partial charge in [-0.2, -0.15) is 0 Å². The van der Waals surface area contributed by atoms with Crippen LogP contribution in [0.1, 0.15) is 85.4 Å². The van der Waals surface area contributed by atoms with E-state index in [4.69, 9.17) is 9.97 Å². The van der Waals surface area contributed by atoms with Gasteiger partial charge >= 0.3 is 0 Å². The molecule has 6 aromatic rings. The zero-order valence-corrected chi connectivity index (χ0v) is 30.8. The normalized spacial score (nSPS) is 12.4. The van der Waals surface area contributed by atoms with Crippen LogP contribution in [0.4, 0.5) is 0 Å². The van der Waals surface area contributed by atoms with Gasteiger partial charge in [0.1, 0.15) is 6.33 Å². The Hall–Kier alpha value is -3.47. The maximum absolute atomic E-state index is 11.7. The monoisotopic (exact) mass is 793 g/mol. The first-order valence-electron chi connectivity index (χ1n) is 16.5. The van der Waals surface area contributed by atoms with E-state index < -0.39 is 0 Å². The Morgan fingerprint density at radius 2 is 1.54 bits per heavy atom. The molecular weight excluding hydrogens is 747 g/mol. The molecule has 46 heavy (non-hydrogen) atoms. The molecule has 0 aliphatic rings. The SMILES string of the molecule is CCC(CC)C(=O)/C=C(\O)C(CC)CC.Cc1ccc2[c-]c3c(cc2n1)c1cccc2c(CC(C)(C)C)cc4ncnc3c4c21.[Ir]. The molecule has 0 aliphatic heterocycles. The van der Waals surface area contributed by atoms with Crippen molar-refractivity contribution < 1.29 is 30.0 Å². The largest absolute Gasteiger partial charge is 0.512 e. The van der Waals surface area contributed by atoms with Gasteiger partial charge in [0.05, 0.1) is 11.3 Å². The van der Waals surface area contributed by atoms with E-state index in [1.165, 1.54) is 27.8 Å². The molecule has 0 amide bonds. The van der Waals surface area contributed by atoms with Crippen LogP contribution < -0.4 is 0 Å². The van der Waals surface area contributed by atoms with Gasteiger partial charge in [-0.15, -0.1) is 12.1 Å². The molecule has 0 aliphatic carbocycles. The Balaban J connectivity index is 0.000000259. The van der Waals surface area contributed by atoms with Crippen molar-refractivity contribution in [3.63, 3.8) is 0 Å². The van der Waals surface area contributed by atoms with Gasteiger partial charge in [-0.05, 0) is 77.7 Å². The third-order valence-electron chi connectivity index (χ3n) is 9.05. The number of allylic oxidation sites excluding steroid dienone is 2. The van der Waals surface area contributed by atoms with E-state index in [2.05, 4.69) is 68.2 Å². The number of hydrogen-bond acceptors (Lipinski definition) is 5. The maximum atomic E-state index is 11.7. The summed E-state index contributed by atoms with van der Waals surface area (Å²) in [6.45, 7) is 17.0. The summed E-state index contributed by atoms with van der Waals surface area (Å²) in [5.41, 5.74) is 5.52. The number of pyridine rings is 1. The topological polar surface area (TPSA) is 76.0 Å². The molecule has 2 aromatic heterocycles. The van der Waals surface area contributed by atoms with Crippen LogP contribution in [-0.4, -0.2) is 25.8 Å². The number of aryl methyl sites for hydroxylation is 1. The number of carbonyl (C=O) groups is 1. The van der Waals surface area contributed by atoms with Crippen molar-refractivity contribution in [3.05, 3.63) is 78.0 Å². The van der Waals surface area contributed by atoms with Crippen LogP contribution in [0.15, 0.2) is 60.6 Å². The Morgan fingerprint density at radius 1 is 0.870 bits per heavy atom. The van der Waals surface area contributed by atoms with Crippen LogP contribution in [0.3, 0.4) is 0 Å². The summed E-state index contributed by atoms with van der Waals surface area (Å²) in [6, 6.07) is 18.8. The molecule has 0 bridgehead atoms. The van der Waals surface area contributed by atoms with E-state index in [1.807, 2.05) is 40.7 Å². The smallest absolute Gasteiger partial charge is 0.162 e. The average molecular weight is 793 g/mol. The van der Waals surface area contributed by atoms with Gasteiger partial charge in [0.15, 0.2) is 5.78 Å². The summed E-state index contributed by atoms with van der Waals surface area (Å²) in [6.07, 6.45) is 7.59. The summed E-state index contributed by atoms with van der Waals surface area (Å²) in [4.78, 5) is 25.9. The molecule has 0 saturated heterocycles. The van der Waals surface area contributed by atoms with E-state index in [1.54, 1.807) is 6.33 Å². The number of carbonyl (C=O) groups excluding carboxylic acids is 1. The van der Waals surface area contributed by atoms with Gasteiger partial charge in [0.2, 0.25) is 0 Å². The summed E-state index contributed by atoms with van der Waals surface area (Å²) in [7, 11) is 0. The fraction of sp³-hybridized carbons (Fsp3) is 0.400. The van der Waals surface area contributed by atoms with E-state index >= 15 is 0 Å². The van der Waals surface area contributed by atoms with E-state index in [0.29, 0.717) is 0 Å². The molecule has 243 valence electrons. The van der Waals surface area contributed by atoms with Crippen molar-refractivity contribution in [2.45, 2.75) is 87.5 Å². The predicted octanol–water partition coefficient (Wildman–Crippen LogP) is 10.6. The number of aromatic nitrogens is 3. The van der Waals surface area contributed by atoms with Crippen molar-refractivity contribution in [1.29, 1.82) is 0 Å². The number of rotatable bonds is 8. The molecular formula is C40H46IrN3O2-. The zero-order chi connectivity index (χ0) is 32.5. The van der Waals surface area contributed by atoms with E-state index in [0.717, 1.165) is 75.9 Å². The Bertz CT molecular complexity index is 2020. The number of fused-ring (bicyclic) bond motifs is 4. The van der Waals surface area contributed by atoms with Gasteiger partial charge in [0.25, 0.3) is 0 Å². The van der Waals surface area contributed by atoms with Crippen LogP contribution in [-0.2, 0) is 31.3 Å². The number of aliphatic hydroxyl groups is 1. The third kappa shape index (κ3) is 7.09. The molecule has 1 radical (unpaired) electrons. The van der Waals surface area contributed by atoms with Gasteiger partial charge in [-0.25, -0.2) is 4.98 Å². The summed E-state index contributed by atoms with van der Waals surface area (Å²) >= 11 is 0. The summed E-state index contributed by atoms with van der Waals surface area (Å²) in [5.74, 6) is 0.547. The fourth-order valence-electron chi connectivity index (χ4n) is 6.60. The third-order valence-corrected chi connectivity index (χ3v) is 9.05. The van der Waals surface area contributed by atoms with Crippen LogP contribution in [0.2, 0.25) is 0 Å². The van der Waals surface area contributed by atoms with Crippen molar-refractivity contribution in [3.8, 4) is 0 Å². The molecule has 0 atom stereocenters. The van der Waals surface area contributed by atoms with E-state index in [-0.39, 0.29) is 48.9 Å². The molecule has 0 saturated carbocycles. The Kier molecular flexibility index (Phi) is 11.2. The number of benzene rings is 4. The first-order valence-corrected chi connectivity index (χ1v) is 16.5. The van der Waals surface area contributed by atoms with Crippen LogP contribution >= 0.6 is 0 Å². The standard InChI is InChI=1S/C27H22N3.C13H24O2.Ir/c1-15-8-9-16-10-21-20(12-22(16)30-15)19-7-5-6-18-17(13-27(2,3)4)11-23-25(24(18)19)26(21)29-14-28-23;1-5-10(6-2)12(14)9-13(15)11(7-3)8-4;/h5-9,11-12,14H,13H2,1-4H3;9-11,14H,5-8H2,1-4H3;/q-1;;/b;12-9-;. The predicted molar refractivity (Wildman–Crippen MR) is 189 cm³/mol. The number of nitrogens with zero attached hydrogens (tertiary/aromatic N) is 3. The quantitative estimate of drug-likeness (QED) is 0.0546. The molecule has 1 N–H and O–H groups in total. The van der Waals surface area contributed by atoms with E-state index in [9.17, 15) is 9.90 Å². The van der Waals surface area contributed by atoms with Crippen LogP contribution in [0.5, 0.6) is 0 Å². The molecule has 2 heterocycles. The second-order valence-corrected chi connectivity index (χ2v) is 13.6. The van der Waals surface area contributed by atoms with Crippen LogP contribution in [0, 0.1) is 30.2 Å². The van der Waals surface area contributed by atoms with Crippen molar-refractivity contribution >= 4 is 60.0 Å². The summed E-state index contributed by atoms with van der Waals surface area (Å²) < 4.78 is 0. The van der Waals surface area contributed by atoms with Crippen molar-refractivity contribution in [2.24, 2.45) is 17.3 Å². The Morgan fingerprint density at radius 3 is 2.20 bits per heavy atom. The fourth-order valence-corrected chi connectivity index (χ4v) is 6.60. The number of aliphatic hydroxyl groups excluding tert-OH is 1. The molecule has 5 nitrogen and oxygen atoms in total. The Labute approximate surface area is 286 Å². The first-order chi connectivity index (χ1) is 21.5. The summed E-state index contributed by atoms with van der Waals surface area (Å²) in [5, 5.41) is 17.9. The zero-order valence-electron chi connectivity index (χ0n) is 28.4. The van der Waals surface area contributed by atoms with Crippen LogP contribution in [0.25, 0.3) is 54.3 Å². The molecule has 4 aromatic carbocycles. The molecule has 6 rings (SSSR count). The average Bonchev–Trinajstić information content (AvgIpc) is 3.00. The molecule has 0 unspecified atom stereocenters. The molecule has 0 fully saturated rings. The minimum atomic E-state index is 0. The van der Waals surface area contributed by atoms with Gasteiger partial charge in [-0.1, -0.05) is 95.0 Å². The first kappa shape index (κ1) is 35.4. The molecule has 0 spiro atoms. The number of hydrogen-bond donors (Lipinski definition) is 1. The van der Waals surface area contributed by atoms with Crippen molar-refractivity contribution in [2.75, 3.05) is 0 Å². The van der Waals surface area contributed by atoms with Gasteiger partial charge in [0, 0.05) is 54.6 Å². The number of ketones is 1. The van der Waals surface area contributed by atoms with Gasteiger partial charge in [-0.3, -0.25) is 14.8 Å². The molecule has 6 heteroatoms. The second kappa shape index (κ2) is 14.5. The maximum Gasteiger partial charge on any atom is 0.162 e.